The number of aliphatic hydroxyl groups is 1. The van der Waals surface area contributed by atoms with Crippen molar-refractivity contribution in [2.24, 2.45) is 23.7 Å². The van der Waals surface area contributed by atoms with Gasteiger partial charge in [-0.2, -0.15) is 0 Å². The summed E-state index contributed by atoms with van der Waals surface area (Å²) in [6.07, 6.45) is 18.9. The Morgan fingerprint density at radius 3 is 2.20 bits per heavy atom. The minimum Gasteiger partial charge on any atom is -0.465 e. The molecule has 0 aromatic carbocycles. The number of esters is 1. The number of hydrogen-bond acceptors (Lipinski definition) is 7. The minimum absolute atomic E-state index is 0.227. The Kier molecular flexibility index (Phi) is 15.0. The number of ether oxygens (including phenoxy) is 5. The van der Waals surface area contributed by atoms with Crippen LogP contribution in [0.15, 0.2) is 12.2 Å². The third-order valence-corrected chi connectivity index (χ3v) is 9.37. The molecule has 0 aromatic rings. The first-order valence-corrected chi connectivity index (χ1v) is 16.4. The van der Waals surface area contributed by atoms with E-state index >= 15 is 0 Å². The molecule has 40 heavy (non-hydrogen) atoms. The van der Waals surface area contributed by atoms with E-state index in [1.165, 1.54) is 26.4 Å². The Hall–Kier alpha value is -0.990. The Balaban J connectivity index is 1.54. The number of rotatable bonds is 17. The van der Waals surface area contributed by atoms with Gasteiger partial charge in [-0.3, -0.25) is 0 Å². The largest absolute Gasteiger partial charge is 0.465 e. The van der Waals surface area contributed by atoms with Gasteiger partial charge in [0, 0.05) is 19.6 Å². The fraction of sp³-hybridized carbons (Fsp3) is 0.909. The van der Waals surface area contributed by atoms with Crippen LogP contribution in [-0.2, 0) is 28.5 Å². The van der Waals surface area contributed by atoms with Gasteiger partial charge in [0.2, 0.25) is 0 Å². The Morgan fingerprint density at radius 1 is 0.950 bits per heavy atom. The number of methoxy groups -OCH3 is 1. The lowest BCUT2D eigenvalue weighted by molar-refractivity contribution is -0.353. The van der Waals surface area contributed by atoms with Gasteiger partial charge in [0.15, 0.2) is 12.6 Å². The molecule has 232 valence electrons. The summed E-state index contributed by atoms with van der Waals surface area (Å²) in [5.41, 5.74) is 0. The van der Waals surface area contributed by atoms with Crippen molar-refractivity contribution < 1.29 is 33.6 Å². The predicted octanol–water partition coefficient (Wildman–Crippen LogP) is 7.30. The average Bonchev–Trinajstić information content (AvgIpc) is 3.33. The standard InChI is InChI=1S/C33H58O7/c1-5-6-14-25(2)26(3)18-19-27-20-21-29(34)28(27)15-8-7-11-22-33(32(35)36-4,39-30-16-9-12-23-37-30)40-31-17-10-13-24-38-31/h18-19,25-31,34H,5-17,20-24H2,1-4H3/t25?,26-,27-,28+,29-,30?,31?,33?/m0/s1. The number of allylic oxidation sites excluding steroid dienone is 2. The van der Waals surface area contributed by atoms with Crippen LogP contribution in [0.4, 0.5) is 0 Å². The van der Waals surface area contributed by atoms with Crippen LogP contribution in [0.2, 0.25) is 0 Å². The summed E-state index contributed by atoms with van der Waals surface area (Å²) in [6.45, 7) is 8.18. The lowest BCUT2D eigenvalue weighted by atomic mass is 9.86. The first-order valence-electron chi connectivity index (χ1n) is 16.4. The topological polar surface area (TPSA) is 83.5 Å². The van der Waals surface area contributed by atoms with E-state index < -0.39 is 24.3 Å². The van der Waals surface area contributed by atoms with Gasteiger partial charge in [0.1, 0.15) is 0 Å². The third-order valence-electron chi connectivity index (χ3n) is 9.37. The van der Waals surface area contributed by atoms with Crippen LogP contribution < -0.4 is 0 Å². The zero-order chi connectivity index (χ0) is 28.8. The van der Waals surface area contributed by atoms with Crippen LogP contribution in [0, 0.1) is 23.7 Å². The van der Waals surface area contributed by atoms with E-state index in [1.54, 1.807) is 0 Å². The van der Waals surface area contributed by atoms with Gasteiger partial charge < -0.3 is 28.8 Å². The molecule has 2 saturated heterocycles. The van der Waals surface area contributed by atoms with Gasteiger partial charge in [-0.05, 0) is 87.9 Å². The van der Waals surface area contributed by atoms with Crippen molar-refractivity contribution in [1.82, 2.24) is 0 Å². The normalized spacial score (nSPS) is 30.7. The summed E-state index contributed by atoms with van der Waals surface area (Å²) in [6, 6.07) is 0. The van der Waals surface area contributed by atoms with Crippen LogP contribution in [-0.4, -0.2) is 55.9 Å². The summed E-state index contributed by atoms with van der Waals surface area (Å²) in [5.74, 6) is -0.0329. The maximum Gasteiger partial charge on any atom is 0.366 e. The van der Waals surface area contributed by atoms with Crippen molar-refractivity contribution in [1.29, 1.82) is 0 Å². The lowest BCUT2D eigenvalue weighted by Gasteiger charge is -2.38. The van der Waals surface area contributed by atoms with E-state index in [4.69, 9.17) is 23.7 Å². The van der Waals surface area contributed by atoms with Crippen molar-refractivity contribution in [3.8, 4) is 0 Å². The zero-order valence-corrected chi connectivity index (χ0v) is 25.8. The quantitative estimate of drug-likeness (QED) is 0.0856. The van der Waals surface area contributed by atoms with Gasteiger partial charge in [0.25, 0.3) is 5.79 Å². The van der Waals surface area contributed by atoms with Gasteiger partial charge >= 0.3 is 5.97 Å². The second kappa shape index (κ2) is 17.8. The molecule has 0 aromatic heterocycles. The highest BCUT2D eigenvalue weighted by molar-refractivity contribution is 5.77. The molecule has 2 heterocycles. The molecule has 0 amide bonds. The predicted molar refractivity (Wildman–Crippen MR) is 156 cm³/mol. The molecule has 3 rings (SSSR count). The van der Waals surface area contributed by atoms with Crippen LogP contribution >= 0.6 is 0 Å². The Labute approximate surface area is 243 Å². The lowest BCUT2D eigenvalue weighted by Crippen LogP contribution is -2.51. The van der Waals surface area contributed by atoms with Crippen molar-refractivity contribution in [2.45, 2.75) is 148 Å². The number of carbonyl (C=O) groups is 1. The van der Waals surface area contributed by atoms with E-state index in [2.05, 4.69) is 32.9 Å². The van der Waals surface area contributed by atoms with Gasteiger partial charge in [-0.25, -0.2) is 4.79 Å². The average molecular weight is 567 g/mol. The maximum absolute atomic E-state index is 13.1. The van der Waals surface area contributed by atoms with Crippen LogP contribution in [0.5, 0.6) is 0 Å². The van der Waals surface area contributed by atoms with Crippen molar-refractivity contribution in [3.63, 3.8) is 0 Å². The monoisotopic (exact) mass is 566 g/mol. The van der Waals surface area contributed by atoms with Gasteiger partial charge in [-0.1, -0.05) is 65.0 Å². The number of unbranched alkanes of at least 4 members (excludes halogenated alkanes) is 3. The Bertz CT molecular complexity index is 708. The maximum atomic E-state index is 13.1. The van der Waals surface area contributed by atoms with Crippen LogP contribution in [0.1, 0.15) is 124 Å². The molecule has 7 nitrogen and oxygen atoms in total. The molecule has 0 radical (unpaired) electrons. The van der Waals surface area contributed by atoms with Crippen LogP contribution in [0.25, 0.3) is 0 Å². The zero-order valence-electron chi connectivity index (χ0n) is 25.8. The molecule has 2 aliphatic heterocycles. The highest BCUT2D eigenvalue weighted by atomic mass is 16.8. The van der Waals surface area contributed by atoms with E-state index in [0.717, 1.165) is 77.0 Å². The molecule has 3 aliphatic rings. The highest BCUT2D eigenvalue weighted by Crippen LogP contribution is 2.38. The van der Waals surface area contributed by atoms with Crippen molar-refractivity contribution >= 4 is 5.97 Å². The van der Waals surface area contributed by atoms with E-state index in [0.29, 0.717) is 43.3 Å². The smallest absolute Gasteiger partial charge is 0.366 e. The minimum atomic E-state index is -1.53. The fourth-order valence-electron chi connectivity index (χ4n) is 6.47. The molecular weight excluding hydrogens is 508 g/mol. The third kappa shape index (κ3) is 10.4. The summed E-state index contributed by atoms with van der Waals surface area (Å²) >= 11 is 0. The fourth-order valence-corrected chi connectivity index (χ4v) is 6.47. The summed E-state index contributed by atoms with van der Waals surface area (Å²) in [5, 5.41) is 10.7. The Morgan fingerprint density at radius 2 is 1.62 bits per heavy atom. The number of hydrogen-bond donors (Lipinski definition) is 1. The molecular formula is C33H58O7. The molecule has 0 spiro atoms. The number of aliphatic hydroxyl groups excluding tert-OH is 1. The SMILES string of the molecule is CCCCC(C)[C@@H](C)C=C[C@H]1CC[C@H](O)[C@@H]1CCCCCC(OC1CCCCO1)(OC1CCCCO1)C(=O)OC. The second-order valence-corrected chi connectivity index (χ2v) is 12.5. The van der Waals surface area contributed by atoms with Crippen molar-refractivity contribution in [2.75, 3.05) is 20.3 Å². The second-order valence-electron chi connectivity index (χ2n) is 12.5. The first kappa shape index (κ1) is 33.5. The molecule has 7 atom stereocenters. The van der Waals surface area contributed by atoms with Crippen molar-refractivity contribution in [3.05, 3.63) is 12.2 Å². The van der Waals surface area contributed by atoms with E-state index in [1.807, 2.05) is 0 Å². The van der Waals surface area contributed by atoms with E-state index in [-0.39, 0.29) is 6.10 Å². The van der Waals surface area contributed by atoms with Gasteiger partial charge in [-0.15, -0.1) is 0 Å². The van der Waals surface area contributed by atoms with Crippen LogP contribution in [0.3, 0.4) is 0 Å². The number of carbonyl (C=O) groups excluding carboxylic acids is 1. The molecule has 7 heteroatoms. The summed E-state index contributed by atoms with van der Waals surface area (Å²) in [7, 11) is 1.38. The molecule has 1 N–H and O–H groups in total. The van der Waals surface area contributed by atoms with E-state index in [9.17, 15) is 9.90 Å². The highest BCUT2D eigenvalue weighted by Gasteiger charge is 2.47. The molecule has 1 saturated carbocycles. The summed E-state index contributed by atoms with van der Waals surface area (Å²) in [4.78, 5) is 13.1. The summed E-state index contributed by atoms with van der Waals surface area (Å²) < 4.78 is 29.5. The molecule has 3 fully saturated rings. The van der Waals surface area contributed by atoms with Gasteiger partial charge in [0.05, 0.1) is 13.2 Å². The molecule has 0 bridgehead atoms. The molecule has 1 aliphatic carbocycles. The molecule has 3 unspecified atom stereocenters. The first-order chi connectivity index (χ1) is 19.4.